The van der Waals surface area contributed by atoms with E-state index in [2.05, 4.69) is 44.9 Å². The molecule has 2 amide bonds. The number of carbonyl (C=O) groups is 2. The SMILES string of the molecule is CN1CCN(C(=O)CC2(COc3ccccc3)CCCN(C(=O)c3ccc(C(C)(C)C)cc3)C2)CC1. The molecule has 2 aromatic carbocycles. The van der Waals surface area contributed by atoms with Crippen LogP contribution in [-0.4, -0.2) is 79.4 Å². The van der Waals surface area contributed by atoms with Gasteiger partial charge in [-0.15, -0.1) is 0 Å². The smallest absolute Gasteiger partial charge is 0.253 e. The largest absolute Gasteiger partial charge is 0.493 e. The van der Waals surface area contributed by atoms with Crippen molar-refractivity contribution in [3.05, 3.63) is 65.7 Å². The van der Waals surface area contributed by atoms with Crippen LogP contribution in [0.5, 0.6) is 5.75 Å². The van der Waals surface area contributed by atoms with Crippen LogP contribution in [0.1, 0.15) is 56.0 Å². The van der Waals surface area contributed by atoms with Crippen LogP contribution in [0, 0.1) is 5.41 Å². The summed E-state index contributed by atoms with van der Waals surface area (Å²) in [6.45, 7) is 11.5. The molecule has 0 bridgehead atoms. The average molecular weight is 492 g/mol. The summed E-state index contributed by atoms with van der Waals surface area (Å²) in [6.07, 6.45) is 2.13. The first-order valence-corrected chi connectivity index (χ1v) is 13.2. The zero-order valence-electron chi connectivity index (χ0n) is 22.3. The Morgan fingerprint density at radius 3 is 2.19 bits per heavy atom. The van der Waals surface area contributed by atoms with E-state index < -0.39 is 5.41 Å². The number of hydrogen-bond donors (Lipinski definition) is 0. The van der Waals surface area contributed by atoms with Crippen LogP contribution in [0.25, 0.3) is 0 Å². The van der Waals surface area contributed by atoms with Gasteiger partial charge in [-0.25, -0.2) is 0 Å². The quantitative estimate of drug-likeness (QED) is 0.599. The first-order chi connectivity index (χ1) is 17.2. The van der Waals surface area contributed by atoms with E-state index in [4.69, 9.17) is 4.74 Å². The molecule has 194 valence electrons. The predicted molar refractivity (Wildman–Crippen MR) is 143 cm³/mol. The van der Waals surface area contributed by atoms with E-state index in [0.717, 1.165) is 44.8 Å². The summed E-state index contributed by atoms with van der Waals surface area (Å²) in [5.74, 6) is 1.00. The molecule has 2 heterocycles. The van der Waals surface area contributed by atoms with Crippen LogP contribution in [0.2, 0.25) is 0 Å². The molecule has 0 spiro atoms. The highest BCUT2D eigenvalue weighted by atomic mass is 16.5. The molecule has 1 unspecified atom stereocenters. The maximum atomic E-state index is 13.5. The van der Waals surface area contributed by atoms with E-state index >= 15 is 0 Å². The summed E-state index contributed by atoms with van der Waals surface area (Å²) in [5, 5.41) is 0. The van der Waals surface area contributed by atoms with Crippen LogP contribution >= 0.6 is 0 Å². The number of piperazine rings is 1. The number of likely N-dealkylation sites (N-methyl/N-ethyl adjacent to an activating group) is 1. The lowest BCUT2D eigenvalue weighted by Crippen LogP contribution is -2.53. The first-order valence-electron chi connectivity index (χ1n) is 13.2. The van der Waals surface area contributed by atoms with Crippen LogP contribution in [-0.2, 0) is 10.2 Å². The summed E-state index contributed by atoms with van der Waals surface area (Å²) < 4.78 is 6.22. The number of nitrogens with zero attached hydrogens (tertiary/aromatic N) is 3. The monoisotopic (exact) mass is 491 g/mol. The number of piperidine rings is 1. The Kier molecular flexibility index (Phi) is 8.04. The average Bonchev–Trinajstić information content (AvgIpc) is 2.88. The van der Waals surface area contributed by atoms with Gasteiger partial charge in [0.2, 0.25) is 5.91 Å². The summed E-state index contributed by atoms with van der Waals surface area (Å²) in [6, 6.07) is 17.7. The molecule has 2 fully saturated rings. The van der Waals surface area contributed by atoms with Gasteiger partial charge in [-0.05, 0) is 55.1 Å². The van der Waals surface area contributed by atoms with Gasteiger partial charge in [0.1, 0.15) is 5.75 Å². The number of carbonyl (C=O) groups excluding carboxylic acids is 2. The number of likely N-dealkylation sites (tertiary alicyclic amines) is 1. The Morgan fingerprint density at radius 1 is 0.889 bits per heavy atom. The van der Waals surface area contributed by atoms with Gasteiger partial charge in [-0.2, -0.15) is 0 Å². The molecular weight excluding hydrogens is 450 g/mol. The third kappa shape index (κ3) is 6.47. The van der Waals surface area contributed by atoms with E-state index in [-0.39, 0.29) is 17.2 Å². The lowest BCUT2D eigenvalue weighted by molar-refractivity contribution is -0.137. The van der Waals surface area contributed by atoms with Crippen LogP contribution in [0.3, 0.4) is 0 Å². The van der Waals surface area contributed by atoms with Crippen molar-refractivity contribution in [2.24, 2.45) is 5.41 Å². The molecule has 2 aliphatic rings. The van der Waals surface area contributed by atoms with E-state index in [0.29, 0.717) is 31.7 Å². The molecule has 2 aromatic rings. The highest BCUT2D eigenvalue weighted by Crippen LogP contribution is 2.36. The molecule has 0 aromatic heterocycles. The minimum absolute atomic E-state index is 0.0336. The molecule has 6 nitrogen and oxygen atoms in total. The Morgan fingerprint density at radius 2 is 1.56 bits per heavy atom. The number of para-hydroxylation sites is 1. The number of hydrogen-bond acceptors (Lipinski definition) is 4. The Labute approximate surface area is 216 Å². The van der Waals surface area contributed by atoms with Gasteiger partial charge in [-0.1, -0.05) is 51.1 Å². The second-order valence-corrected chi connectivity index (χ2v) is 11.6. The zero-order valence-corrected chi connectivity index (χ0v) is 22.3. The fraction of sp³-hybridized carbons (Fsp3) is 0.533. The van der Waals surface area contributed by atoms with Gasteiger partial charge < -0.3 is 19.4 Å². The summed E-state index contributed by atoms with van der Waals surface area (Å²) >= 11 is 0. The first kappa shape index (κ1) is 26.2. The van der Waals surface area contributed by atoms with Crippen LogP contribution in [0.15, 0.2) is 54.6 Å². The van der Waals surface area contributed by atoms with Gasteiger partial charge in [0.05, 0.1) is 6.61 Å². The number of benzene rings is 2. The highest BCUT2D eigenvalue weighted by Gasteiger charge is 2.41. The Balaban J connectivity index is 1.51. The van der Waals surface area contributed by atoms with Crippen molar-refractivity contribution in [3.63, 3.8) is 0 Å². The van der Waals surface area contributed by atoms with Crippen molar-refractivity contribution < 1.29 is 14.3 Å². The Hall–Kier alpha value is -2.86. The minimum Gasteiger partial charge on any atom is -0.493 e. The van der Waals surface area contributed by atoms with Gasteiger partial charge in [0.25, 0.3) is 5.91 Å². The van der Waals surface area contributed by atoms with Crippen molar-refractivity contribution in [3.8, 4) is 5.75 Å². The molecule has 0 N–H and O–H groups in total. The minimum atomic E-state index is -0.407. The van der Waals surface area contributed by atoms with Crippen molar-refractivity contribution in [2.45, 2.75) is 45.4 Å². The molecule has 6 heteroatoms. The number of ether oxygens (including phenoxy) is 1. The maximum Gasteiger partial charge on any atom is 0.253 e. The molecule has 2 saturated heterocycles. The van der Waals surface area contributed by atoms with Gasteiger partial charge >= 0.3 is 0 Å². The second-order valence-electron chi connectivity index (χ2n) is 11.6. The number of rotatable bonds is 6. The molecule has 4 rings (SSSR count). The summed E-state index contributed by atoms with van der Waals surface area (Å²) in [4.78, 5) is 33.1. The third-order valence-corrected chi connectivity index (χ3v) is 7.62. The summed E-state index contributed by atoms with van der Waals surface area (Å²) in [7, 11) is 2.09. The molecule has 0 radical (unpaired) electrons. The van der Waals surface area contributed by atoms with Crippen LogP contribution in [0.4, 0.5) is 0 Å². The van der Waals surface area contributed by atoms with E-state index in [1.54, 1.807) is 0 Å². The maximum absolute atomic E-state index is 13.5. The lowest BCUT2D eigenvalue weighted by atomic mass is 9.77. The van der Waals surface area contributed by atoms with Crippen molar-refractivity contribution in [1.29, 1.82) is 0 Å². The zero-order chi connectivity index (χ0) is 25.8. The van der Waals surface area contributed by atoms with Gasteiger partial charge in [0, 0.05) is 56.7 Å². The van der Waals surface area contributed by atoms with Gasteiger partial charge in [-0.3, -0.25) is 9.59 Å². The lowest BCUT2D eigenvalue weighted by Gasteiger charge is -2.43. The van der Waals surface area contributed by atoms with Crippen LogP contribution < -0.4 is 4.74 Å². The Bertz CT molecular complexity index is 1020. The van der Waals surface area contributed by atoms with E-state index in [1.165, 1.54) is 5.56 Å². The fourth-order valence-corrected chi connectivity index (χ4v) is 5.23. The summed E-state index contributed by atoms with van der Waals surface area (Å²) in [5.41, 5.74) is 1.55. The predicted octanol–water partition coefficient (Wildman–Crippen LogP) is 4.45. The molecule has 36 heavy (non-hydrogen) atoms. The highest BCUT2D eigenvalue weighted by molar-refractivity contribution is 5.94. The van der Waals surface area contributed by atoms with Crippen molar-refractivity contribution in [2.75, 3.05) is 52.9 Å². The standard InChI is InChI=1S/C30H41N3O3/c1-29(2,3)25-13-11-24(12-14-25)28(35)33-16-8-15-30(22-33,23-36-26-9-6-5-7-10-26)21-27(34)32-19-17-31(4)18-20-32/h5-7,9-14H,8,15-23H2,1-4H3. The normalized spacial score (nSPS) is 21.3. The number of amides is 2. The van der Waals surface area contributed by atoms with Gasteiger partial charge in [0.15, 0.2) is 0 Å². The van der Waals surface area contributed by atoms with E-state index in [1.807, 2.05) is 52.3 Å². The third-order valence-electron chi connectivity index (χ3n) is 7.62. The second kappa shape index (κ2) is 11.0. The molecule has 1 atom stereocenters. The molecule has 0 saturated carbocycles. The van der Waals surface area contributed by atoms with E-state index in [9.17, 15) is 9.59 Å². The van der Waals surface area contributed by atoms with Crippen molar-refractivity contribution in [1.82, 2.24) is 14.7 Å². The molecular formula is C30H41N3O3. The molecule has 0 aliphatic carbocycles. The molecule has 2 aliphatic heterocycles. The fourth-order valence-electron chi connectivity index (χ4n) is 5.23. The van der Waals surface area contributed by atoms with Crippen molar-refractivity contribution >= 4 is 11.8 Å². The topological polar surface area (TPSA) is 53.1 Å².